The summed E-state index contributed by atoms with van der Waals surface area (Å²) in [4.78, 5) is 45.5. The van der Waals surface area contributed by atoms with Crippen molar-refractivity contribution in [1.82, 2.24) is 14.5 Å². The second-order valence-electron chi connectivity index (χ2n) is 6.90. The van der Waals surface area contributed by atoms with Crippen molar-refractivity contribution < 1.29 is 19.1 Å². The summed E-state index contributed by atoms with van der Waals surface area (Å²) in [6.07, 6.45) is 2.55. The fourth-order valence-electron chi connectivity index (χ4n) is 3.58. The van der Waals surface area contributed by atoms with Gasteiger partial charge in [0.2, 0.25) is 0 Å². The first kappa shape index (κ1) is 21.3. The van der Waals surface area contributed by atoms with Crippen LogP contribution in [0.1, 0.15) is 30.6 Å². The van der Waals surface area contributed by atoms with Crippen molar-refractivity contribution in [1.29, 1.82) is 0 Å². The minimum Gasteiger partial charge on any atom is -0.492 e. The standard InChI is InChI=1S/C21H21N3O5S2/c1-28-21(27)19-15-4-6-23(20(26)17-12-22-13-31-17)7-8-24(15)18(25)11-16(19)29-9-5-14-3-2-10-30-14/h2-3,10-13H,4-9H2,1H3. The third kappa shape index (κ3) is 4.54. The maximum Gasteiger partial charge on any atom is 0.343 e. The van der Waals surface area contributed by atoms with Gasteiger partial charge >= 0.3 is 5.97 Å². The van der Waals surface area contributed by atoms with Gasteiger partial charge in [-0.1, -0.05) is 6.07 Å². The zero-order valence-corrected chi connectivity index (χ0v) is 18.5. The molecule has 31 heavy (non-hydrogen) atoms. The van der Waals surface area contributed by atoms with Gasteiger partial charge in [-0.3, -0.25) is 14.6 Å². The van der Waals surface area contributed by atoms with E-state index in [0.29, 0.717) is 43.1 Å². The van der Waals surface area contributed by atoms with Crippen LogP contribution < -0.4 is 10.3 Å². The summed E-state index contributed by atoms with van der Waals surface area (Å²) in [5.74, 6) is -0.464. The molecule has 0 spiro atoms. The Kier molecular flexibility index (Phi) is 6.47. The van der Waals surface area contributed by atoms with Gasteiger partial charge in [-0.2, -0.15) is 0 Å². The van der Waals surface area contributed by atoms with Crippen LogP contribution in [-0.4, -0.2) is 53.1 Å². The van der Waals surface area contributed by atoms with E-state index in [-0.39, 0.29) is 29.3 Å². The van der Waals surface area contributed by atoms with E-state index in [4.69, 9.17) is 9.47 Å². The van der Waals surface area contributed by atoms with Gasteiger partial charge in [-0.05, 0) is 11.4 Å². The molecule has 4 rings (SSSR count). The molecule has 0 radical (unpaired) electrons. The molecule has 0 atom stereocenters. The highest BCUT2D eigenvalue weighted by molar-refractivity contribution is 7.11. The lowest BCUT2D eigenvalue weighted by Gasteiger charge is -2.18. The molecule has 0 aromatic carbocycles. The maximum absolute atomic E-state index is 12.8. The highest BCUT2D eigenvalue weighted by Crippen LogP contribution is 2.25. The number of amides is 1. The zero-order valence-electron chi connectivity index (χ0n) is 16.9. The molecule has 3 aromatic rings. The minimum absolute atomic E-state index is 0.129. The number of hydrogen-bond donors (Lipinski definition) is 0. The second kappa shape index (κ2) is 9.44. The van der Waals surface area contributed by atoms with E-state index in [2.05, 4.69) is 4.98 Å². The van der Waals surface area contributed by atoms with Crippen LogP contribution in [0.3, 0.4) is 0 Å². The number of rotatable bonds is 6. The number of nitrogens with zero attached hydrogens (tertiary/aromatic N) is 3. The molecule has 4 heterocycles. The Morgan fingerprint density at radius 1 is 1.23 bits per heavy atom. The van der Waals surface area contributed by atoms with Crippen LogP contribution in [-0.2, 0) is 24.1 Å². The van der Waals surface area contributed by atoms with Gasteiger partial charge in [0.25, 0.3) is 11.5 Å². The molecule has 1 amide bonds. The van der Waals surface area contributed by atoms with Gasteiger partial charge in [0.15, 0.2) is 0 Å². The first-order valence-electron chi connectivity index (χ1n) is 9.76. The molecule has 3 aromatic heterocycles. The van der Waals surface area contributed by atoms with Gasteiger partial charge in [-0.15, -0.1) is 22.7 Å². The average molecular weight is 460 g/mol. The van der Waals surface area contributed by atoms with E-state index in [1.165, 1.54) is 30.7 Å². The highest BCUT2D eigenvalue weighted by atomic mass is 32.1. The van der Waals surface area contributed by atoms with Crippen molar-refractivity contribution in [2.45, 2.75) is 19.4 Å². The molecule has 0 bridgehead atoms. The fourth-order valence-corrected chi connectivity index (χ4v) is 4.86. The first-order chi connectivity index (χ1) is 15.1. The molecule has 1 aliphatic heterocycles. The number of carbonyl (C=O) groups excluding carboxylic acids is 2. The van der Waals surface area contributed by atoms with Crippen LogP contribution >= 0.6 is 22.7 Å². The smallest absolute Gasteiger partial charge is 0.343 e. The third-order valence-corrected chi connectivity index (χ3v) is 6.80. The molecular weight excluding hydrogens is 438 g/mol. The van der Waals surface area contributed by atoms with E-state index in [9.17, 15) is 14.4 Å². The van der Waals surface area contributed by atoms with E-state index in [0.717, 1.165) is 4.88 Å². The molecule has 0 fully saturated rings. The van der Waals surface area contributed by atoms with Gasteiger partial charge in [0.1, 0.15) is 16.2 Å². The van der Waals surface area contributed by atoms with Crippen molar-refractivity contribution in [3.05, 3.63) is 66.7 Å². The molecule has 8 nitrogen and oxygen atoms in total. The second-order valence-corrected chi connectivity index (χ2v) is 8.82. The lowest BCUT2D eigenvalue weighted by Crippen LogP contribution is -2.33. The lowest BCUT2D eigenvalue weighted by molar-refractivity contribution is 0.0593. The Morgan fingerprint density at radius 2 is 2.10 bits per heavy atom. The maximum atomic E-state index is 12.8. The normalized spacial score (nSPS) is 13.4. The van der Waals surface area contributed by atoms with Crippen LogP contribution in [0.25, 0.3) is 0 Å². The molecule has 0 saturated heterocycles. The number of aromatic nitrogens is 2. The predicted molar refractivity (Wildman–Crippen MR) is 117 cm³/mol. The van der Waals surface area contributed by atoms with Gasteiger partial charge in [-0.25, -0.2) is 4.79 Å². The Morgan fingerprint density at radius 3 is 2.81 bits per heavy atom. The van der Waals surface area contributed by atoms with Crippen molar-refractivity contribution in [3.63, 3.8) is 0 Å². The topological polar surface area (TPSA) is 90.7 Å². The van der Waals surface area contributed by atoms with Gasteiger partial charge < -0.3 is 18.9 Å². The number of thiophene rings is 1. The highest BCUT2D eigenvalue weighted by Gasteiger charge is 2.28. The largest absolute Gasteiger partial charge is 0.492 e. The Balaban J connectivity index is 1.60. The molecule has 1 aliphatic rings. The van der Waals surface area contributed by atoms with E-state index < -0.39 is 5.97 Å². The SMILES string of the molecule is COC(=O)c1c(OCCc2cccs2)cc(=O)n2c1CCN(C(=O)c1cncs1)CC2. The van der Waals surface area contributed by atoms with Crippen molar-refractivity contribution in [2.75, 3.05) is 26.8 Å². The molecule has 0 saturated carbocycles. The van der Waals surface area contributed by atoms with E-state index in [1.807, 2.05) is 17.5 Å². The minimum atomic E-state index is -0.558. The molecule has 0 N–H and O–H groups in total. The summed E-state index contributed by atoms with van der Waals surface area (Å²) in [6, 6.07) is 5.31. The molecular formula is C21H21N3O5S2. The van der Waals surface area contributed by atoms with Crippen LogP contribution in [0.4, 0.5) is 0 Å². The summed E-state index contributed by atoms with van der Waals surface area (Å²) in [7, 11) is 1.30. The number of ether oxygens (including phenoxy) is 2. The van der Waals surface area contributed by atoms with Gasteiger partial charge in [0, 0.05) is 49.1 Å². The average Bonchev–Trinajstić information content (AvgIpc) is 3.44. The molecule has 10 heteroatoms. The van der Waals surface area contributed by atoms with Crippen molar-refractivity contribution in [3.8, 4) is 5.75 Å². The molecule has 0 unspecified atom stereocenters. The zero-order chi connectivity index (χ0) is 21.8. The molecule has 0 aliphatic carbocycles. The van der Waals surface area contributed by atoms with Gasteiger partial charge in [0.05, 0.1) is 25.4 Å². The third-order valence-electron chi connectivity index (χ3n) is 5.10. The van der Waals surface area contributed by atoms with Crippen LogP contribution in [0.15, 0.2) is 40.1 Å². The molecule has 162 valence electrons. The summed E-state index contributed by atoms with van der Waals surface area (Å²) in [5, 5.41) is 1.99. The number of methoxy groups -OCH3 is 1. The van der Waals surface area contributed by atoms with Crippen LogP contribution in [0, 0.1) is 0 Å². The van der Waals surface area contributed by atoms with Crippen LogP contribution in [0.5, 0.6) is 5.75 Å². The monoisotopic (exact) mass is 459 g/mol. The predicted octanol–water partition coefficient (Wildman–Crippen LogP) is 2.47. The van der Waals surface area contributed by atoms with Crippen molar-refractivity contribution in [2.24, 2.45) is 0 Å². The first-order valence-corrected chi connectivity index (χ1v) is 11.5. The number of pyridine rings is 1. The lowest BCUT2D eigenvalue weighted by atomic mass is 10.1. The van der Waals surface area contributed by atoms with E-state index in [1.54, 1.807) is 26.3 Å². The quantitative estimate of drug-likeness (QED) is 0.526. The number of esters is 1. The van der Waals surface area contributed by atoms with Crippen molar-refractivity contribution >= 4 is 34.6 Å². The number of carbonyl (C=O) groups is 2. The van der Waals surface area contributed by atoms with Crippen LogP contribution in [0.2, 0.25) is 0 Å². The Bertz CT molecular complexity index is 1120. The number of thiazole rings is 1. The summed E-state index contributed by atoms with van der Waals surface area (Å²) >= 11 is 2.90. The fraction of sp³-hybridized carbons (Fsp3) is 0.333. The summed E-state index contributed by atoms with van der Waals surface area (Å²) in [5.41, 5.74) is 2.13. The number of fused-ring (bicyclic) bond motifs is 1. The summed E-state index contributed by atoms with van der Waals surface area (Å²) in [6.45, 7) is 1.36. The number of hydrogen-bond acceptors (Lipinski definition) is 8. The Hall–Kier alpha value is -2.98. The van der Waals surface area contributed by atoms with E-state index >= 15 is 0 Å². The summed E-state index contributed by atoms with van der Waals surface area (Å²) < 4.78 is 12.4. The Labute approximate surface area is 186 Å².